The summed E-state index contributed by atoms with van der Waals surface area (Å²) in [5.41, 5.74) is 0.866. The summed E-state index contributed by atoms with van der Waals surface area (Å²) in [5.74, 6) is -0.567. The van der Waals surface area contributed by atoms with Gasteiger partial charge in [0, 0.05) is 42.6 Å². The molecule has 0 amide bonds. The maximum Gasteiger partial charge on any atom is 0.416 e. The molecule has 1 aliphatic heterocycles. The number of aromatic hydroxyl groups is 1. The van der Waals surface area contributed by atoms with Crippen molar-refractivity contribution in [1.29, 1.82) is 0 Å². The van der Waals surface area contributed by atoms with Crippen LogP contribution in [0.2, 0.25) is 0 Å². The van der Waals surface area contributed by atoms with Crippen LogP contribution in [0.25, 0.3) is 11.1 Å². The topological polar surface area (TPSA) is 80.2 Å². The molecule has 3 aromatic carbocycles. The average molecular weight is 548 g/mol. The first-order chi connectivity index (χ1) is 18.6. The molecule has 208 valence electrons. The van der Waals surface area contributed by atoms with Gasteiger partial charge in [0.15, 0.2) is 6.29 Å². The van der Waals surface area contributed by atoms with Gasteiger partial charge >= 0.3 is 6.18 Å². The lowest BCUT2D eigenvalue weighted by atomic mass is 9.84. The molecule has 39 heavy (non-hydrogen) atoms. The largest absolute Gasteiger partial charge is 0.508 e. The fourth-order valence-electron chi connectivity index (χ4n) is 4.44. The van der Waals surface area contributed by atoms with Gasteiger partial charge in [-0.25, -0.2) is 4.39 Å². The van der Waals surface area contributed by atoms with Crippen molar-refractivity contribution >= 4 is 16.8 Å². The van der Waals surface area contributed by atoms with Gasteiger partial charge in [-0.05, 0) is 67.0 Å². The van der Waals surface area contributed by atoms with E-state index in [1.807, 2.05) is 13.8 Å². The summed E-state index contributed by atoms with van der Waals surface area (Å²) in [6.45, 7) is 4.80. The summed E-state index contributed by atoms with van der Waals surface area (Å²) in [5, 5.41) is 24.5. The molecule has 1 heterocycles. The van der Waals surface area contributed by atoms with Crippen LogP contribution in [0.15, 0.2) is 60.7 Å². The fraction of sp³-hybridized carbons (Fsp3) is 0.310. The number of phenolic OH excluding ortho intramolecular Hbond substituents is 1. The van der Waals surface area contributed by atoms with Crippen LogP contribution in [0, 0.1) is 5.82 Å². The number of alkyl halides is 3. The summed E-state index contributed by atoms with van der Waals surface area (Å²) >= 11 is 0. The van der Waals surface area contributed by atoms with Crippen LogP contribution in [0.5, 0.6) is 11.5 Å². The number of aliphatic hydroxyl groups excluding tert-OH is 1. The highest BCUT2D eigenvalue weighted by Crippen LogP contribution is 2.44. The second kappa shape index (κ2) is 12.1. The molecule has 0 fully saturated rings. The molecule has 0 saturated carbocycles. The zero-order chi connectivity index (χ0) is 28.2. The molecule has 6 nitrogen and oxygen atoms in total. The quantitative estimate of drug-likeness (QED) is 0.201. The molecule has 1 atom stereocenters. The Morgan fingerprint density at radius 1 is 0.923 bits per heavy atom. The number of hydrogen-bond acceptors (Lipinski definition) is 6. The Hall–Kier alpha value is -3.60. The van der Waals surface area contributed by atoms with Gasteiger partial charge < -0.3 is 29.7 Å². The maximum atomic E-state index is 15.0. The van der Waals surface area contributed by atoms with Crippen molar-refractivity contribution in [3.63, 3.8) is 0 Å². The van der Waals surface area contributed by atoms with Crippen molar-refractivity contribution in [2.24, 2.45) is 0 Å². The number of ether oxygens (including phenoxy) is 3. The smallest absolute Gasteiger partial charge is 0.416 e. The number of nitrogens with one attached hydrogen (secondary N) is 1. The number of fused-ring (bicyclic) bond motifs is 1. The van der Waals surface area contributed by atoms with Crippen LogP contribution in [0.3, 0.4) is 0 Å². The highest BCUT2D eigenvalue weighted by molar-refractivity contribution is 6.00. The maximum absolute atomic E-state index is 15.0. The van der Waals surface area contributed by atoms with E-state index in [0.717, 1.165) is 12.1 Å². The summed E-state index contributed by atoms with van der Waals surface area (Å²) in [4.78, 5) is 0. The summed E-state index contributed by atoms with van der Waals surface area (Å²) < 4.78 is 71.1. The first-order valence-corrected chi connectivity index (χ1v) is 12.4. The van der Waals surface area contributed by atoms with E-state index in [-0.39, 0.29) is 24.5 Å². The predicted octanol–water partition coefficient (Wildman–Crippen LogP) is 6.40. The molecular formula is C29H29F4NO5. The monoisotopic (exact) mass is 547 g/mol. The van der Waals surface area contributed by atoms with Crippen molar-refractivity contribution in [1.82, 2.24) is 0 Å². The Kier molecular flexibility index (Phi) is 8.79. The van der Waals surface area contributed by atoms with Crippen LogP contribution in [-0.2, 0) is 15.7 Å². The van der Waals surface area contributed by atoms with E-state index in [1.165, 1.54) is 12.1 Å². The van der Waals surface area contributed by atoms with Gasteiger partial charge in [0.25, 0.3) is 0 Å². The molecule has 3 N–H and O–H groups in total. The van der Waals surface area contributed by atoms with Crippen LogP contribution in [0.4, 0.5) is 23.2 Å². The van der Waals surface area contributed by atoms with E-state index >= 15 is 4.39 Å². The third-order valence-corrected chi connectivity index (χ3v) is 6.26. The van der Waals surface area contributed by atoms with Gasteiger partial charge in [0.1, 0.15) is 30.0 Å². The molecule has 0 aliphatic carbocycles. The number of aliphatic hydroxyl groups is 1. The number of phenols is 1. The zero-order valence-electron chi connectivity index (χ0n) is 21.4. The number of rotatable bonds is 10. The van der Waals surface area contributed by atoms with Crippen molar-refractivity contribution in [3.05, 3.63) is 88.7 Å². The summed E-state index contributed by atoms with van der Waals surface area (Å²) in [6.07, 6.45) is -6.49. The molecule has 1 aliphatic rings. The van der Waals surface area contributed by atoms with Gasteiger partial charge in [-0.15, -0.1) is 0 Å². The third kappa shape index (κ3) is 6.52. The molecule has 1 unspecified atom stereocenters. The highest BCUT2D eigenvalue weighted by atomic mass is 19.4. The standard InChI is InChI=1S/C29H29F4NO5/c1-3-37-26(38-4-2)16-39-20-9-5-17(6-10-20)28(36)27-22-12-8-19(35)14-25(22)34-15-23(27)21-11-7-18(13-24(21)30)29(31,32)33/h5-14,26,28,34-36H,3-4,15-16H2,1-2H3. The fourth-order valence-corrected chi connectivity index (χ4v) is 4.44. The lowest BCUT2D eigenvalue weighted by Crippen LogP contribution is -2.25. The number of halogens is 4. The van der Waals surface area contributed by atoms with Crippen LogP contribution in [-0.4, -0.2) is 42.9 Å². The van der Waals surface area contributed by atoms with E-state index in [1.54, 1.807) is 30.3 Å². The Balaban J connectivity index is 1.69. The van der Waals surface area contributed by atoms with Crippen molar-refractivity contribution in [2.75, 3.05) is 31.7 Å². The van der Waals surface area contributed by atoms with Crippen molar-refractivity contribution in [3.8, 4) is 11.5 Å². The van der Waals surface area contributed by atoms with Crippen molar-refractivity contribution < 1.29 is 42.0 Å². The molecule has 0 spiro atoms. The Bertz CT molecular complexity index is 1320. The van der Waals surface area contributed by atoms with E-state index in [4.69, 9.17) is 14.2 Å². The Morgan fingerprint density at radius 3 is 2.21 bits per heavy atom. The third-order valence-electron chi connectivity index (χ3n) is 6.26. The second-order valence-corrected chi connectivity index (χ2v) is 8.79. The molecule has 0 bridgehead atoms. The van der Waals surface area contributed by atoms with E-state index in [2.05, 4.69) is 5.32 Å². The highest BCUT2D eigenvalue weighted by Gasteiger charge is 2.33. The first kappa shape index (κ1) is 28.4. The van der Waals surface area contributed by atoms with Gasteiger partial charge in [-0.2, -0.15) is 13.2 Å². The number of hydrogen-bond donors (Lipinski definition) is 3. The van der Waals surface area contributed by atoms with Gasteiger partial charge in [-0.1, -0.05) is 18.2 Å². The van der Waals surface area contributed by atoms with Crippen LogP contribution >= 0.6 is 0 Å². The molecule has 0 radical (unpaired) electrons. The summed E-state index contributed by atoms with van der Waals surface area (Å²) in [6, 6.07) is 13.4. The first-order valence-electron chi connectivity index (χ1n) is 12.4. The lowest BCUT2D eigenvalue weighted by molar-refractivity contribution is -0.152. The molecule has 4 rings (SSSR count). The SMILES string of the molecule is CCOC(COc1ccc(C(O)C2=C(c3ccc(C(F)(F)F)cc3F)CNc3cc(O)ccc32)cc1)OCC. The van der Waals surface area contributed by atoms with Gasteiger partial charge in [0.05, 0.1) is 5.56 Å². The lowest BCUT2D eigenvalue weighted by Gasteiger charge is -2.29. The van der Waals surface area contributed by atoms with Crippen molar-refractivity contribution in [2.45, 2.75) is 32.4 Å². The van der Waals surface area contributed by atoms with Gasteiger partial charge in [0.2, 0.25) is 0 Å². The molecule has 0 saturated heterocycles. The van der Waals surface area contributed by atoms with E-state index in [0.29, 0.717) is 53.0 Å². The number of anilines is 1. The van der Waals surface area contributed by atoms with Crippen LogP contribution < -0.4 is 10.1 Å². The molecule has 3 aromatic rings. The Morgan fingerprint density at radius 2 is 1.59 bits per heavy atom. The Labute approximate surface area is 223 Å². The van der Waals surface area contributed by atoms with E-state index in [9.17, 15) is 23.4 Å². The molecular weight excluding hydrogens is 518 g/mol. The zero-order valence-corrected chi connectivity index (χ0v) is 21.4. The molecule has 0 aromatic heterocycles. The van der Waals surface area contributed by atoms with Crippen LogP contribution in [0.1, 0.15) is 42.2 Å². The molecule has 10 heteroatoms. The average Bonchev–Trinajstić information content (AvgIpc) is 2.90. The van der Waals surface area contributed by atoms with E-state index < -0.39 is 30.0 Å². The minimum absolute atomic E-state index is 0.0156. The van der Waals surface area contributed by atoms with Gasteiger partial charge in [-0.3, -0.25) is 0 Å². The summed E-state index contributed by atoms with van der Waals surface area (Å²) in [7, 11) is 0. The number of benzene rings is 3. The normalized spacial score (nSPS) is 14.3. The second-order valence-electron chi connectivity index (χ2n) is 8.79. The minimum atomic E-state index is -4.69. The predicted molar refractivity (Wildman–Crippen MR) is 139 cm³/mol. The minimum Gasteiger partial charge on any atom is -0.508 e.